The Hall–Kier alpha value is -1.43. The van der Waals surface area contributed by atoms with Gasteiger partial charge in [-0.15, -0.1) is 0 Å². The molecule has 0 spiro atoms. The Labute approximate surface area is 101 Å². The molecule has 0 N–H and O–H groups in total. The zero-order valence-electron chi connectivity index (χ0n) is 9.01. The van der Waals surface area contributed by atoms with E-state index in [4.69, 9.17) is 0 Å². The van der Waals surface area contributed by atoms with Crippen LogP contribution in [0.15, 0.2) is 27.9 Å². The summed E-state index contributed by atoms with van der Waals surface area (Å²) >= 11 is 3.18. The maximum Gasteiger partial charge on any atom is 0.268 e. The lowest BCUT2D eigenvalue weighted by molar-refractivity contribution is 0.641. The van der Waals surface area contributed by atoms with Crippen LogP contribution in [0.3, 0.4) is 0 Å². The van der Waals surface area contributed by atoms with E-state index in [1.54, 1.807) is 17.7 Å². The highest BCUT2D eigenvalue weighted by molar-refractivity contribution is 9.10. The van der Waals surface area contributed by atoms with E-state index in [0.717, 1.165) is 5.82 Å². The molecule has 0 bridgehead atoms. The van der Waals surface area contributed by atoms with Crippen LogP contribution < -0.4 is 5.56 Å². The Kier molecular flexibility index (Phi) is 2.91. The predicted molar refractivity (Wildman–Crippen MR) is 63.2 cm³/mol. The summed E-state index contributed by atoms with van der Waals surface area (Å²) in [6, 6.07) is 0. The minimum Gasteiger partial charge on any atom is -0.337 e. The Morgan fingerprint density at radius 2 is 2.19 bits per heavy atom. The molecule has 0 saturated heterocycles. The van der Waals surface area contributed by atoms with Crippen LogP contribution in [0, 0.1) is 6.92 Å². The lowest BCUT2D eigenvalue weighted by atomic mass is 10.5. The number of aromatic nitrogens is 4. The summed E-state index contributed by atoms with van der Waals surface area (Å²) in [5.41, 5.74) is -0.0875. The van der Waals surface area contributed by atoms with Crippen molar-refractivity contribution in [2.45, 2.75) is 13.5 Å². The van der Waals surface area contributed by atoms with Crippen molar-refractivity contribution in [1.29, 1.82) is 0 Å². The van der Waals surface area contributed by atoms with Crippen LogP contribution in [-0.2, 0) is 13.6 Å². The van der Waals surface area contributed by atoms with E-state index < -0.39 is 0 Å². The first-order chi connectivity index (χ1) is 7.59. The highest BCUT2D eigenvalue weighted by Crippen LogP contribution is 2.04. The Morgan fingerprint density at radius 3 is 2.81 bits per heavy atom. The van der Waals surface area contributed by atoms with Gasteiger partial charge in [0, 0.05) is 25.6 Å². The van der Waals surface area contributed by atoms with Gasteiger partial charge in [0.15, 0.2) is 0 Å². The van der Waals surface area contributed by atoms with Crippen LogP contribution in [0.25, 0.3) is 0 Å². The molecule has 2 heterocycles. The van der Waals surface area contributed by atoms with Crippen molar-refractivity contribution < 1.29 is 0 Å². The second kappa shape index (κ2) is 4.21. The monoisotopic (exact) mass is 282 g/mol. The second-order valence-electron chi connectivity index (χ2n) is 3.50. The molecule has 0 saturated carbocycles. The standard InChI is InChI=1S/C10H11BrN4O/c1-7-13-5-8(11)10(16)15(7)6-9-12-3-4-14(9)2/h3-5H,6H2,1-2H3. The molecular weight excluding hydrogens is 272 g/mol. The van der Waals surface area contributed by atoms with E-state index in [-0.39, 0.29) is 5.56 Å². The summed E-state index contributed by atoms with van der Waals surface area (Å²) in [6.07, 6.45) is 5.08. The third kappa shape index (κ3) is 1.92. The maximum atomic E-state index is 11.9. The van der Waals surface area contributed by atoms with Gasteiger partial charge in [0.2, 0.25) is 0 Å². The van der Waals surface area contributed by atoms with Crippen LogP contribution in [-0.4, -0.2) is 19.1 Å². The molecule has 0 aliphatic carbocycles. The molecule has 84 valence electrons. The van der Waals surface area contributed by atoms with Gasteiger partial charge in [0.25, 0.3) is 5.56 Å². The quantitative estimate of drug-likeness (QED) is 0.829. The summed E-state index contributed by atoms with van der Waals surface area (Å²) in [7, 11) is 1.90. The lowest BCUT2D eigenvalue weighted by Gasteiger charge is -2.08. The number of rotatable bonds is 2. The average Bonchev–Trinajstić information content (AvgIpc) is 2.65. The van der Waals surface area contributed by atoms with E-state index in [9.17, 15) is 4.79 Å². The van der Waals surface area contributed by atoms with Crippen molar-refractivity contribution in [1.82, 2.24) is 19.1 Å². The van der Waals surface area contributed by atoms with Gasteiger partial charge in [-0.2, -0.15) is 0 Å². The summed E-state index contributed by atoms with van der Waals surface area (Å²) in [5, 5.41) is 0. The number of hydrogen-bond donors (Lipinski definition) is 0. The third-order valence-electron chi connectivity index (χ3n) is 2.43. The van der Waals surface area contributed by atoms with E-state index in [1.165, 1.54) is 6.20 Å². The molecule has 2 aromatic rings. The van der Waals surface area contributed by atoms with Gasteiger partial charge >= 0.3 is 0 Å². The minimum absolute atomic E-state index is 0.0875. The first-order valence-electron chi connectivity index (χ1n) is 4.77. The molecule has 0 amide bonds. The number of imidazole rings is 1. The highest BCUT2D eigenvalue weighted by atomic mass is 79.9. The second-order valence-corrected chi connectivity index (χ2v) is 4.35. The fourth-order valence-corrected chi connectivity index (χ4v) is 1.74. The minimum atomic E-state index is -0.0875. The molecule has 16 heavy (non-hydrogen) atoms. The largest absolute Gasteiger partial charge is 0.337 e. The summed E-state index contributed by atoms with van der Waals surface area (Å²) in [4.78, 5) is 20.2. The van der Waals surface area contributed by atoms with Crippen LogP contribution in [0.1, 0.15) is 11.6 Å². The van der Waals surface area contributed by atoms with Gasteiger partial charge in [-0.05, 0) is 22.9 Å². The smallest absolute Gasteiger partial charge is 0.268 e. The number of halogens is 1. The first-order valence-corrected chi connectivity index (χ1v) is 5.57. The van der Waals surface area contributed by atoms with Crippen molar-refractivity contribution in [3.8, 4) is 0 Å². The Bertz CT molecular complexity index is 572. The maximum absolute atomic E-state index is 11.9. The number of hydrogen-bond acceptors (Lipinski definition) is 3. The lowest BCUT2D eigenvalue weighted by Crippen LogP contribution is -2.25. The molecule has 0 aliphatic heterocycles. The molecule has 0 aliphatic rings. The Balaban J connectivity index is 2.46. The molecule has 0 aromatic carbocycles. The molecular formula is C10H11BrN4O. The van der Waals surface area contributed by atoms with Gasteiger partial charge in [0.05, 0.1) is 6.54 Å². The van der Waals surface area contributed by atoms with Crippen molar-refractivity contribution in [2.75, 3.05) is 0 Å². The summed E-state index contributed by atoms with van der Waals surface area (Å²) in [5.74, 6) is 1.50. The average molecular weight is 283 g/mol. The fourth-order valence-electron chi connectivity index (χ4n) is 1.43. The van der Waals surface area contributed by atoms with Crippen LogP contribution in [0.5, 0.6) is 0 Å². The fraction of sp³-hybridized carbons (Fsp3) is 0.300. The zero-order chi connectivity index (χ0) is 11.7. The molecule has 0 unspecified atom stereocenters. The normalized spacial score (nSPS) is 10.7. The van der Waals surface area contributed by atoms with Crippen molar-refractivity contribution in [3.63, 3.8) is 0 Å². The van der Waals surface area contributed by atoms with Crippen LogP contribution in [0.4, 0.5) is 0 Å². The highest BCUT2D eigenvalue weighted by Gasteiger charge is 2.08. The summed E-state index contributed by atoms with van der Waals surface area (Å²) in [6.45, 7) is 2.23. The van der Waals surface area contributed by atoms with E-state index >= 15 is 0 Å². The predicted octanol–water partition coefficient (Wildman–Crippen LogP) is 1.10. The first kappa shape index (κ1) is 11.1. The van der Waals surface area contributed by atoms with Crippen molar-refractivity contribution >= 4 is 15.9 Å². The van der Waals surface area contributed by atoms with E-state index in [1.807, 2.05) is 17.8 Å². The molecule has 2 aromatic heterocycles. The number of nitrogens with zero attached hydrogens (tertiary/aromatic N) is 4. The number of aryl methyl sites for hydroxylation is 2. The SMILES string of the molecule is Cc1ncc(Br)c(=O)n1Cc1nccn1C. The third-order valence-corrected chi connectivity index (χ3v) is 2.97. The zero-order valence-corrected chi connectivity index (χ0v) is 10.6. The van der Waals surface area contributed by atoms with E-state index in [0.29, 0.717) is 16.8 Å². The van der Waals surface area contributed by atoms with Gasteiger partial charge in [-0.25, -0.2) is 9.97 Å². The van der Waals surface area contributed by atoms with Crippen molar-refractivity contribution in [2.24, 2.45) is 7.05 Å². The molecule has 6 heteroatoms. The Morgan fingerprint density at radius 1 is 1.44 bits per heavy atom. The van der Waals surface area contributed by atoms with Crippen LogP contribution in [0.2, 0.25) is 0 Å². The molecule has 0 atom stereocenters. The molecule has 2 rings (SSSR count). The van der Waals surface area contributed by atoms with Gasteiger partial charge in [-0.1, -0.05) is 0 Å². The summed E-state index contributed by atoms with van der Waals surface area (Å²) < 4.78 is 3.94. The molecule has 0 radical (unpaired) electrons. The molecule has 0 fully saturated rings. The molecule has 5 nitrogen and oxygen atoms in total. The van der Waals surface area contributed by atoms with Crippen molar-refractivity contribution in [3.05, 3.63) is 45.1 Å². The van der Waals surface area contributed by atoms with Gasteiger partial charge < -0.3 is 4.57 Å². The van der Waals surface area contributed by atoms with Gasteiger partial charge in [-0.3, -0.25) is 9.36 Å². The topological polar surface area (TPSA) is 52.7 Å². The van der Waals surface area contributed by atoms with Gasteiger partial charge in [0.1, 0.15) is 16.1 Å². The van der Waals surface area contributed by atoms with Crippen LogP contribution >= 0.6 is 15.9 Å². The van der Waals surface area contributed by atoms with E-state index in [2.05, 4.69) is 25.9 Å².